The molecule has 0 aliphatic rings. The zero-order valence-corrected chi connectivity index (χ0v) is 46.5. The second kappa shape index (κ2) is 22.5. The average molecular weight is 1090 g/mol. The number of nitrogens with zero attached hydrogens (tertiary/aromatic N) is 2. The number of anilines is 2. The van der Waals surface area contributed by atoms with E-state index in [1.807, 2.05) is 194 Å². The van der Waals surface area contributed by atoms with Crippen molar-refractivity contribution in [3.63, 3.8) is 0 Å². The van der Waals surface area contributed by atoms with Gasteiger partial charge in [-0.05, 0) is 164 Å². The van der Waals surface area contributed by atoms with Gasteiger partial charge in [-0.3, -0.25) is 8.61 Å². The topological polar surface area (TPSA) is 112 Å². The average Bonchev–Trinajstić information content (AvgIpc) is 3.60. The highest BCUT2D eigenvalue weighted by atomic mass is 32.2. The predicted octanol–water partition coefficient (Wildman–Crippen LogP) is 13.1. The molecule has 0 saturated carbocycles. The van der Waals surface area contributed by atoms with Crippen LogP contribution in [-0.4, -0.2) is 59.4 Å². The number of fused-ring (bicyclic) bond motifs is 2. The van der Waals surface area contributed by atoms with E-state index in [0.29, 0.717) is 45.5 Å². The molecule has 0 fully saturated rings. The van der Waals surface area contributed by atoms with Crippen LogP contribution in [-0.2, 0) is 30.9 Å². The van der Waals surface area contributed by atoms with Crippen molar-refractivity contribution < 1.29 is 35.8 Å². The van der Waals surface area contributed by atoms with Crippen molar-refractivity contribution in [1.82, 2.24) is 0 Å². The molecule has 10 aromatic rings. The van der Waals surface area contributed by atoms with E-state index in [2.05, 4.69) is 23.7 Å². The lowest BCUT2D eigenvalue weighted by molar-refractivity contribution is 0.414. The number of benzene rings is 10. The Morgan fingerprint density at radius 3 is 0.925 bits per heavy atom. The largest absolute Gasteiger partial charge is 0.497 e. The summed E-state index contributed by atoms with van der Waals surface area (Å²) in [6.45, 7) is 0. The minimum absolute atomic E-state index is 0.150. The SMILES string of the molecule is COc1ccc(C(C#CC#CC(c2ccc(OC)cc2)(c2ccc(OC)cc2)c2cccc(N(C)S(=O)(=O)c3ccc4ccccc4c3)c2)(c2ccc(OC)cc2)c2cccc(N(C)S(=O)(=O)c3ccc4ccccc4c3)c2)cc1. The summed E-state index contributed by atoms with van der Waals surface area (Å²) in [4.78, 5) is 0.299. The Kier molecular flexibility index (Phi) is 15.2. The maximum absolute atomic E-state index is 14.6. The molecule has 0 unspecified atom stereocenters. The summed E-state index contributed by atoms with van der Waals surface area (Å²) in [6.07, 6.45) is 0. The Labute approximate surface area is 468 Å². The molecule has 0 aromatic heterocycles. The van der Waals surface area contributed by atoms with Crippen LogP contribution in [0.2, 0.25) is 0 Å². The Hall–Kier alpha value is -9.46. The lowest BCUT2D eigenvalue weighted by atomic mass is 9.69. The molecule has 0 radical (unpaired) electrons. The minimum Gasteiger partial charge on any atom is -0.497 e. The first kappa shape index (κ1) is 53.9. The van der Waals surface area contributed by atoms with Gasteiger partial charge in [0.1, 0.15) is 33.8 Å². The van der Waals surface area contributed by atoms with Gasteiger partial charge < -0.3 is 18.9 Å². The Morgan fingerprint density at radius 2 is 0.625 bits per heavy atom. The van der Waals surface area contributed by atoms with Crippen molar-refractivity contribution in [1.29, 1.82) is 0 Å². The third-order valence-electron chi connectivity index (χ3n) is 14.7. The normalized spacial score (nSPS) is 11.6. The van der Waals surface area contributed by atoms with E-state index in [1.165, 1.54) is 8.61 Å². The number of methoxy groups -OCH3 is 4. The molecule has 0 saturated heterocycles. The molecule has 10 nitrogen and oxygen atoms in total. The first-order chi connectivity index (χ1) is 38.7. The number of sulfonamides is 2. The highest BCUT2D eigenvalue weighted by molar-refractivity contribution is 7.93. The van der Waals surface area contributed by atoms with Crippen LogP contribution in [0.25, 0.3) is 21.5 Å². The molecule has 0 spiro atoms. The summed E-state index contributed by atoms with van der Waals surface area (Å²) in [6, 6.07) is 70.8. The van der Waals surface area contributed by atoms with Crippen molar-refractivity contribution in [3.8, 4) is 46.7 Å². The van der Waals surface area contributed by atoms with Crippen LogP contribution in [0.1, 0.15) is 33.4 Å². The van der Waals surface area contributed by atoms with Gasteiger partial charge >= 0.3 is 0 Å². The lowest BCUT2D eigenvalue weighted by Crippen LogP contribution is -2.30. The van der Waals surface area contributed by atoms with E-state index < -0.39 is 30.9 Å². The molecule has 10 rings (SSSR count). The summed E-state index contributed by atoms with van der Waals surface area (Å²) in [5, 5.41) is 3.46. The van der Waals surface area contributed by atoms with Crippen LogP contribution >= 0.6 is 0 Å². The van der Waals surface area contributed by atoms with E-state index in [0.717, 1.165) is 43.8 Å². The summed E-state index contributed by atoms with van der Waals surface area (Å²) < 4.78 is 83.4. The fourth-order valence-electron chi connectivity index (χ4n) is 10.2. The van der Waals surface area contributed by atoms with Crippen LogP contribution < -0.4 is 27.6 Å². The Morgan fingerprint density at radius 1 is 0.325 bits per heavy atom. The van der Waals surface area contributed by atoms with Gasteiger partial charge in [-0.15, -0.1) is 0 Å². The molecule has 0 aliphatic heterocycles. The second-order valence-corrected chi connectivity index (χ2v) is 22.9. The number of hydrogen-bond donors (Lipinski definition) is 0. The first-order valence-electron chi connectivity index (χ1n) is 25.5. The molecule has 0 aliphatic carbocycles. The fraction of sp³-hybridized carbons (Fsp3) is 0.118. The summed E-state index contributed by atoms with van der Waals surface area (Å²) in [5.74, 6) is 16.5. The summed E-state index contributed by atoms with van der Waals surface area (Å²) in [5.41, 5.74) is 2.48. The molecule has 10 aromatic carbocycles. The molecule has 0 N–H and O–H groups in total. The highest BCUT2D eigenvalue weighted by Crippen LogP contribution is 2.44. The van der Waals surface area contributed by atoms with Crippen LogP contribution in [0, 0.1) is 23.7 Å². The van der Waals surface area contributed by atoms with Crippen molar-refractivity contribution in [2.45, 2.75) is 20.6 Å². The van der Waals surface area contributed by atoms with Gasteiger partial charge in [0.15, 0.2) is 0 Å². The van der Waals surface area contributed by atoms with Gasteiger partial charge in [0, 0.05) is 14.1 Å². The third-order valence-corrected chi connectivity index (χ3v) is 18.3. The van der Waals surface area contributed by atoms with Gasteiger partial charge in [-0.25, -0.2) is 16.8 Å². The van der Waals surface area contributed by atoms with Crippen LogP contribution in [0.4, 0.5) is 11.4 Å². The molecular formula is C68H56N2O8S2. The second-order valence-electron chi connectivity index (χ2n) is 19.0. The van der Waals surface area contributed by atoms with E-state index in [-0.39, 0.29) is 9.79 Å². The number of rotatable bonds is 16. The van der Waals surface area contributed by atoms with Gasteiger partial charge in [-0.2, -0.15) is 0 Å². The van der Waals surface area contributed by atoms with E-state index >= 15 is 0 Å². The Bertz CT molecular complexity index is 3880. The molecular weight excluding hydrogens is 1040 g/mol. The molecule has 0 amide bonds. The summed E-state index contributed by atoms with van der Waals surface area (Å²) in [7, 11) is 1.37. The maximum Gasteiger partial charge on any atom is 0.264 e. The smallest absolute Gasteiger partial charge is 0.264 e. The zero-order chi connectivity index (χ0) is 56.1. The molecule has 12 heteroatoms. The number of ether oxygens (including phenoxy) is 4. The van der Waals surface area contributed by atoms with Gasteiger partial charge in [0.25, 0.3) is 20.0 Å². The van der Waals surface area contributed by atoms with E-state index in [4.69, 9.17) is 18.9 Å². The molecule has 0 atom stereocenters. The van der Waals surface area contributed by atoms with E-state index in [1.54, 1.807) is 78.9 Å². The minimum atomic E-state index is -4.07. The fourth-order valence-corrected chi connectivity index (χ4v) is 12.6. The first-order valence-corrected chi connectivity index (χ1v) is 28.4. The number of hydrogen-bond acceptors (Lipinski definition) is 8. The molecule has 0 bridgehead atoms. The molecule has 398 valence electrons. The summed E-state index contributed by atoms with van der Waals surface area (Å²) >= 11 is 0. The van der Waals surface area contributed by atoms with E-state index in [9.17, 15) is 16.8 Å². The highest BCUT2D eigenvalue weighted by Gasteiger charge is 2.38. The van der Waals surface area contributed by atoms with Crippen molar-refractivity contribution in [3.05, 3.63) is 264 Å². The zero-order valence-electron chi connectivity index (χ0n) is 44.9. The van der Waals surface area contributed by atoms with Crippen LogP contribution in [0.5, 0.6) is 23.0 Å². The van der Waals surface area contributed by atoms with Crippen molar-refractivity contribution >= 4 is 53.0 Å². The lowest BCUT2D eigenvalue weighted by Gasteiger charge is -2.32. The van der Waals surface area contributed by atoms with Gasteiger partial charge in [0.05, 0.1) is 49.6 Å². The van der Waals surface area contributed by atoms with Crippen LogP contribution in [0.3, 0.4) is 0 Å². The standard InChI is InChI=1S/C68H56N2O8S2/c1-69(79(71,72)65-41-23-49-15-7-9-17-51(49)45-65)59-21-13-19-57(47-59)67(53-25-33-61(75-3)34-26-53,54-27-35-62(76-4)36-28-54)43-11-12-44-68(55-29-37-63(77-5)38-30-55,56-31-39-64(78-6)40-32-56)58-20-14-22-60(48-58)70(2)80(73,74)66-42-24-50-16-8-10-18-52(50)46-66/h7-10,13-42,45-48H,1-6H3. The van der Waals surface area contributed by atoms with Gasteiger partial charge in [-0.1, -0.05) is 145 Å². The molecule has 80 heavy (non-hydrogen) atoms. The monoisotopic (exact) mass is 1090 g/mol. The maximum atomic E-state index is 14.6. The quantitative estimate of drug-likeness (QED) is 0.0695. The van der Waals surface area contributed by atoms with Crippen molar-refractivity contribution in [2.24, 2.45) is 0 Å². The third kappa shape index (κ3) is 10.1. The van der Waals surface area contributed by atoms with Crippen molar-refractivity contribution in [2.75, 3.05) is 51.1 Å². The predicted molar refractivity (Wildman–Crippen MR) is 319 cm³/mol. The van der Waals surface area contributed by atoms with Gasteiger partial charge in [0.2, 0.25) is 0 Å². The Balaban J connectivity index is 1.19. The van der Waals surface area contributed by atoms with Crippen LogP contribution in [0.15, 0.2) is 240 Å². The molecule has 0 heterocycles.